The molecule has 0 saturated carbocycles. The van der Waals surface area contributed by atoms with E-state index in [9.17, 15) is 12.8 Å². The van der Waals surface area contributed by atoms with E-state index in [0.717, 1.165) is 9.13 Å². The Bertz CT molecular complexity index is 1390. The van der Waals surface area contributed by atoms with Crippen LogP contribution in [0.2, 0.25) is 0 Å². The molecular weight excluding hydrogens is 620 g/mol. The van der Waals surface area contributed by atoms with Gasteiger partial charge in [-0.3, -0.25) is 9.08 Å². The molecule has 0 amide bonds. The molecule has 0 unspecified atom stereocenters. The van der Waals surface area contributed by atoms with Crippen molar-refractivity contribution in [1.82, 2.24) is 24.4 Å². The summed E-state index contributed by atoms with van der Waals surface area (Å²) in [6.45, 7) is 6.16. The Morgan fingerprint density at radius 3 is 2.62 bits per heavy atom. The Labute approximate surface area is 227 Å². The number of nitrogens with zero attached hydrogens (tertiary/aromatic N) is 5. The number of hydrogen-bond donors (Lipinski definition) is 2. The number of aromatic nitrogens is 4. The molecule has 3 aromatic rings. The van der Waals surface area contributed by atoms with Crippen LogP contribution in [0, 0.1) is 9.65 Å². The number of fused-ring (bicyclic) bond motifs is 2. The van der Waals surface area contributed by atoms with Gasteiger partial charge < -0.3 is 19.8 Å². The number of rotatable bonds is 12. The minimum Gasteiger partial charge on any atom is -0.454 e. The lowest BCUT2D eigenvalue weighted by Gasteiger charge is -2.27. The molecule has 2 aromatic heterocycles. The first kappa shape index (κ1) is 27.7. The molecule has 0 saturated heterocycles. The molecule has 0 radical (unpaired) electrons. The van der Waals surface area contributed by atoms with E-state index < -0.39 is 16.4 Å². The van der Waals surface area contributed by atoms with Crippen LogP contribution in [0.4, 0.5) is 10.2 Å². The molecule has 1 aliphatic rings. The lowest BCUT2D eigenvalue weighted by molar-refractivity contribution is 0.174. The van der Waals surface area contributed by atoms with Crippen molar-refractivity contribution in [2.24, 2.45) is 5.14 Å². The van der Waals surface area contributed by atoms with Crippen molar-refractivity contribution in [1.29, 1.82) is 0 Å². The van der Waals surface area contributed by atoms with Gasteiger partial charge in [0.15, 0.2) is 28.5 Å². The number of anilines is 1. The quantitative estimate of drug-likeness (QED) is 0.169. The van der Waals surface area contributed by atoms with Gasteiger partial charge in [0.25, 0.3) is 0 Å². The summed E-state index contributed by atoms with van der Waals surface area (Å²) in [6, 6.07) is 4.05. The van der Waals surface area contributed by atoms with Crippen molar-refractivity contribution in [2.75, 3.05) is 32.2 Å². The van der Waals surface area contributed by atoms with Crippen LogP contribution in [0.15, 0.2) is 12.1 Å². The third-order valence-electron chi connectivity index (χ3n) is 5.99. The summed E-state index contributed by atoms with van der Waals surface area (Å²) in [4.78, 5) is 14.6. The Morgan fingerprint density at radius 2 is 1.92 bits per heavy atom. The van der Waals surface area contributed by atoms with E-state index in [0.29, 0.717) is 67.4 Å². The summed E-state index contributed by atoms with van der Waals surface area (Å²) in [5.41, 5.74) is 7.65. The Hall–Kier alpha value is -2.34. The van der Waals surface area contributed by atoms with Gasteiger partial charge in [-0.25, -0.2) is 10.1 Å². The molecule has 0 atom stereocenters. The Morgan fingerprint density at radius 1 is 1.19 bits per heavy atom. The predicted molar refractivity (Wildman–Crippen MR) is 143 cm³/mol. The second-order valence-electron chi connectivity index (χ2n) is 8.86. The number of nitrogen functional groups attached to an aromatic ring is 1. The normalized spacial score (nSPS) is 13.4. The second kappa shape index (κ2) is 11.6. The van der Waals surface area contributed by atoms with Gasteiger partial charge in [0, 0.05) is 29.1 Å². The van der Waals surface area contributed by atoms with Gasteiger partial charge in [-0.2, -0.15) is 22.8 Å². The summed E-state index contributed by atoms with van der Waals surface area (Å²) < 4.78 is 54.5. The third-order valence-corrected chi connectivity index (χ3v) is 7.49. The molecule has 1 aliphatic heterocycles. The number of ether oxygens (including phenoxy) is 2. The van der Waals surface area contributed by atoms with Gasteiger partial charge in [-0.05, 0) is 73.5 Å². The molecule has 202 valence electrons. The standard InChI is InChI=1S/C22H29FIN7O5S/c1-13(2)30(5-3-4-8-36-37(26,32)33)6-7-31-18(27-19-20(25)28-22(23)29-21(19)31)10-14-9-16-17(11-15(14)24)35-12-34-16/h9,11,13H,3-8,10,12H2,1-2H3,(H2,25,28,29)(H2,26,32,33). The summed E-state index contributed by atoms with van der Waals surface area (Å²) >= 11 is 2.24. The van der Waals surface area contributed by atoms with Gasteiger partial charge in [-0.15, -0.1) is 0 Å². The van der Waals surface area contributed by atoms with E-state index in [4.69, 9.17) is 20.3 Å². The van der Waals surface area contributed by atoms with Crippen LogP contribution in [0.1, 0.15) is 38.1 Å². The topological polar surface area (TPSA) is 161 Å². The highest BCUT2D eigenvalue weighted by Crippen LogP contribution is 2.36. The van der Waals surface area contributed by atoms with Gasteiger partial charge in [0.05, 0.1) is 6.61 Å². The smallest absolute Gasteiger partial charge is 0.333 e. The molecule has 0 aliphatic carbocycles. The van der Waals surface area contributed by atoms with Gasteiger partial charge in [0.2, 0.25) is 6.79 Å². The van der Waals surface area contributed by atoms with E-state index in [1.54, 1.807) is 0 Å². The largest absolute Gasteiger partial charge is 0.454 e. The molecule has 0 spiro atoms. The fourth-order valence-electron chi connectivity index (χ4n) is 4.12. The number of benzene rings is 1. The van der Waals surface area contributed by atoms with Crippen molar-refractivity contribution in [3.63, 3.8) is 0 Å². The van der Waals surface area contributed by atoms with Crippen LogP contribution >= 0.6 is 22.6 Å². The molecule has 4 rings (SSSR count). The maximum absolute atomic E-state index is 14.1. The van der Waals surface area contributed by atoms with Crippen LogP contribution in [-0.2, 0) is 27.5 Å². The van der Waals surface area contributed by atoms with Crippen molar-refractivity contribution < 1.29 is 26.5 Å². The first-order valence-corrected chi connectivity index (χ1v) is 14.2. The van der Waals surface area contributed by atoms with Crippen molar-refractivity contribution in [3.8, 4) is 11.5 Å². The highest BCUT2D eigenvalue weighted by atomic mass is 127. The van der Waals surface area contributed by atoms with Crippen LogP contribution in [0.3, 0.4) is 0 Å². The summed E-state index contributed by atoms with van der Waals surface area (Å²) in [6.07, 6.45) is 0.783. The highest BCUT2D eigenvalue weighted by molar-refractivity contribution is 14.1. The Kier molecular flexibility index (Phi) is 8.67. The van der Waals surface area contributed by atoms with E-state index >= 15 is 0 Å². The predicted octanol–water partition coefficient (Wildman–Crippen LogP) is 2.18. The first-order chi connectivity index (χ1) is 17.5. The number of nitrogens with two attached hydrogens (primary N) is 2. The second-order valence-corrected chi connectivity index (χ2v) is 11.2. The zero-order valence-electron chi connectivity index (χ0n) is 20.5. The zero-order valence-corrected chi connectivity index (χ0v) is 23.5. The van der Waals surface area contributed by atoms with E-state index in [2.05, 4.69) is 60.5 Å². The highest BCUT2D eigenvalue weighted by Gasteiger charge is 2.22. The molecular formula is C22H29FIN7O5S. The zero-order chi connectivity index (χ0) is 26.7. The third kappa shape index (κ3) is 6.95. The first-order valence-electron chi connectivity index (χ1n) is 11.7. The van der Waals surface area contributed by atoms with Gasteiger partial charge in [-0.1, -0.05) is 0 Å². The number of unbranched alkanes of at least 4 members (excludes halogenated alkanes) is 1. The summed E-state index contributed by atoms with van der Waals surface area (Å²) in [5.74, 6) is 2.02. The summed E-state index contributed by atoms with van der Waals surface area (Å²) in [5, 5.41) is 4.87. The molecule has 37 heavy (non-hydrogen) atoms. The minimum absolute atomic E-state index is 0.0153. The van der Waals surface area contributed by atoms with E-state index in [-0.39, 0.29) is 25.3 Å². The maximum Gasteiger partial charge on any atom is 0.333 e. The number of hydrogen-bond acceptors (Lipinski definition) is 10. The molecule has 3 heterocycles. The van der Waals surface area contributed by atoms with E-state index in [1.165, 1.54) is 0 Å². The SMILES string of the molecule is CC(C)N(CCCCOS(N)(=O)=O)CCn1c(Cc2cc3c(cc2I)OCO3)nc2c(N)nc(F)nc21. The van der Waals surface area contributed by atoms with Crippen LogP contribution in [0.25, 0.3) is 11.2 Å². The average Bonchev–Trinajstić information content (AvgIpc) is 3.39. The molecule has 1 aromatic carbocycles. The van der Waals surface area contributed by atoms with Crippen molar-refractivity contribution in [2.45, 2.75) is 45.7 Å². The van der Waals surface area contributed by atoms with Crippen molar-refractivity contribution >= 4 is 49.9 Å². The van der Waals surface area contributed by atoms with Gasteiger partial charge in [0.1, 0.15) is 5.82 Å². The molecule has 12 nitrogen and oxygen atoms in total. The van der Waals surface area contributed by atoms with Crippen LogP contribution in [-0.4, -0.2) is 65.4 Å². The monoisotopic (exact) mass is 649 g/mol. The fraction of sp³-hybridized carbons (Fsp3) is 0.500. The summed E-state index contributed by atoms with van der Waals surface area (Å²) in [7, 11) is -3.94. The van der Waals surface area contributed by atoms with Crippen molar-refractivity contribution in [3.05, 3.63) is 33.2 Å². The molecule has 0 bridgehead atoms. The molecule has 4 N–H and O–H groups in total. The van der Waals surface area contributed by atoms with E-state index in [1.807, 2.05) is 16.7 Å². The molecule has 15 heteroatoms. The number of imidazole rings is 1. The maximum atomic E-state index is 14.1. The molecule has 0 fully saturated rings. The Balaban J connectivity index is 1.55. The van der Waals surface area contributed by atoms with Gasteiger partial charge >= 0.3 is 16.4 Å². The lowest BCUT2D eigenvalue weighted by atomic mass is 10.1. The van der Waals surface area contributed by atoms with Crippen LogP contribution in [0.5, 0.6) is 11.5 Å². The number of halogens is 2. The minimum atomic E-state index is -3.94. The average molecular weight is 649 g/mol. The van der Waals surface area contributed by atoms with Crippen LogP contribution < -0.4 is 20.3 Å². The lowest BCUT2D eigenvalue weighted by Crippen LogP contribution is -2.35. The fourth-order valence-corrected chi connectivity index (χ4v) is 5.10.